The van der Waals surface area contributed by atoms with Gasteiger partial charge in [-0.3, -0.25) is 14.9 Å². The second-order valence-electron chi connectivity index (χ2n) is 6.37. The quantitative estimate of drug-likeness (QED) is 0.575. The number of carbonyl (C=O) groups is 2. The summed E-state index contributed by atoms with van der Waals surface area (Å²) in [5, 5.41) is 8.85. The molecule has 1 aliphatic rings. The van der Waals surface area contributed by atoms with Gasteiger partial charge in [0.1, 0.15) is 5.75 Å². The van der Waals surface area contributed by atoms with Crippen molar-refractivity contribution in [2.24, 2.45) is 0 Å². The molecule has 0 saturated heterocycles. The molecule has 2 amide bonds. The maximum absolute atomic E-state index is 12.2. The summed E-state index contributed by atoms with van der Waals surface area (Å²) in [6, 6.07) is 10.5. The summed E-state index contributed by atoms with van der Waals surface area (Å²) in [5.41, 5.74) is 3.11. The lowest BCUT2D eigenvalue weighted by Crippen LogP contribution is -2.21. The van der Waals surface area contributed by atoms with Gasteiger partial charge >= 0.3 is 0 Å². The molecule has 2 heterocycles. The van der Waals surface area contributed by atoms with Crippen molar-refractivity contribution in [1.29, 1.82) is 0 Å². The molecule has 3 aromatic rings. The fraction of sp³-hybridized carbons (Fsp3) is 0.150. The number of aromatic nitrogens is 1. The van der Waals surface area contributed by atoms with E-state index in [1.165, 1.54) is 11.3 Å². The Balaban J connectivity index is 1.36. The Morgan fingerprint density at radius 2 is 2.07 bits per heavy atom. The number of halogens is 2. The third kappa shape index (κ3) is 4.70. The summed E-state index contributed by atoms with van der Waals surface area (Å²) in [6.07, 6.45) is 1.10. The molecule has 4 rings (SSSR count). The summed E-state index contributed by atoms with van der Waals surface area (Å²) < 4.78 is 5.57. The number of amides is 2. The van der Waals surface area contributed by atoms with Crippen molar-refractivity contribution >= 4 is 57.2 Å². The minimum atomic E-state index is -0.325. The van der Waals surface area contributed by atoms with Crippen molar-refractivity contribution in [2.75, 3.05) is 17.2 Å². The lowest BCUT2D eigenvalue weighted by atomic mass is 10.0. The van der Waals surface area contributed by atoms with E-state index in [1.54, 1.807) is 35.7 Å². The van der Waals surface area contributed by atoms with Crippen LogP contribution in [-0.2, 0) is 16.0 Å². The average molecular weight is 448 g/mol. The van der Waals surface area contributed by atoms with Crippen molar-refractivity contribution in [2.45, 2.75) is 12.8 Å². The van der Waals surface area contributed by atoms with Gasteiger partial charge < -0.3 is 10.1 Å². The third-order valence-electron chi connectivity index (χ3n) is 4.30. The van der Waals surface area contributed by atoms with E-state index in [9.17, 15) is 9.59 Å². The smallest absolute Gasteiger partial charge is 0.264 e. The zero-order valence-corrected chi connectivity index (χ0v) is 17.3. The fourth-order valence-electron chi connectivity index (χ4n) is 2.90. The summed E-state index contributed by atoms with van der Waals surface area (Å²) >= 11 is 13.5. The number of nitrogens with one attached hydrogen (secondary N) is 2. The molecule has 0 spiro atoms. The highest BCUT2D eigenvalue weighted by Crippen LogP contribution is 2.32. The van der Waals surface area contributed by atoms with E-state index in [0.29, 0.717) is 45.0 Å². The van der Waals surface area contributed by atoms with E-state index in [0.717, 1.165) is 11.3 Å². The molecule has 2 N–H and O–H groups in total. The van der Waals surface area contributed by atoms with E-state index in [-0.39, 0.29) is 18.4 Å². The summed E-state index contributed by atoms with van der Waals surface area (Å²) in [4.78, 5) is 28.0. The Morgan fingerprint density at radius 1 is 1.21 bits per heavy atom. The predicted molar refractivity (Wildman–Crippen MR) is 115 cm³/mol. The molecule has 0 radical (unpaired) electrons. The van der Waals surface area contributed by atoms with Crippen LogP contribution in [0, 0.1) is 0 Å². The first-order valence-corrected chi connectivity index (χ1v) is 10.4. The van der Waals surface area contributed by atoms with Gasteiger partial charge in [0, 0.05) is 28.1 Å². The van der Waals surface area contributed by atoms with Crippen LogP contribution in [0.15, 0.2) is 41.8 Å². The Hall–Kier alpha value is -2.61. The van der Waals surface area contributed by atoms with E-state index < -0.39 is 0 Å². The molecule has 0 saturated carbocycles. The topological polar surface area (TPSA) is 80.3 Å². The molecule has 29 heavy (non-hydrogen) atoms. The van der Waals surface area contributed by atoms with Gasteiger partial charge in [0.2, 0.25) is 5.91 Å². The molecule has 9 heteroatoms. The number of fused-ring (bicyclic) bond motifs is 1. The predicted octanol–water partition coefficient (Wildman–Crippen LogP) is 5.02. The van der Waals surface area contributed by atoms with Crippen LogP contribution in [0.3, 0.4) is 0 Å². The fourth-order valence-corrected chi connectivity index (χ4v) is 4.02. The number of hydrogen-bond donors (Lipinski definition) is 2. The maximum Gasteiger partial charge on any atom is 0.264 e. The second kappa shape index (κ2) is 8.41. The zero-order chi connectivity index (χ0) is 20.4. The number of carbonyl (C=O) groups excluding carboxylic acids is 2. The number of aryl methyl sites for hydroxylation is 1. The standard InChI is InChI=1S/C20H15Cl2N3O3S/c21-12-2-4-15(22)14(8-12)17-10-29-20(24-17)25-19(27)9-28-13-3-5-16-11(7-13)1-6-18(26)23-16/h2-5,7-8,10H,1,6,9H2,(H,23,26)(H,24,25,27). The SMILES string of the molecule is O=C(COc1ccc2c(c1)CCC(=O)N2)Nc1nc(-c2cc(Cl)ccc2Cl)cs1. The van der Waals surface area contributed by atoms with Gasteiger partial charge in [0.25, 0.3) is 5.91 Å². The Bertz CT molecular complexity index is 1100. The van der Waals surface area contributed by atoms with Crippen LogP contribution in [0.5, 0.6) is 5.75 Å². The largest absolute Gasteiger partial charge is 0.484 e. The van der Waals surface area contributed by atoms with Gasteiger partial charge in [-0.1, -0.05) is 23.2 Å². The Morgan fingerprint density at radius 3 is 2.93 bits per heavy atom. The van der Waals surface area contributed by atoms with Crippen LogP contribution < -0.4 is 15.4 Å². The number of anilines is 2. The van der Waals surface area contributed by atoms with Gasteiger partial charge in [-0.25, -0.2) is 4.98 Å². The van der Waals surface area contributed by atoms with Gasteiger partial charge in [0.05, 0.1) is 10.7 Å². The Kier molecular flexibility index (Phi) is 5.71. The zero-order valence-electron chi connectivity index (χ0n) is 15.0. The van der Waals surface area contributed by atoms with Gasteiger partial charge in [-0.15, -0.1) is 11.3 Å². The minimum absolute atomic E-state index is 0.00687. The van der Waals surface area contributed by atoms with Crippen molar-refractivity contribution < 1.29 is 14.3 Å². The first kappa shape index (κ1) is 19.7. The van der Waals surface area contributed by atoms with Gasteiger partial charge in [-0.05, 0) is 48.4 Å². The molecule has 2 aromatic carbocycles. The normalized spacial score (nSPS) is 12.8. The highest BCUT2D eigenvalue weighted by atomic mass is 35.5. The van der Waals surface area contributed by atoms with E-state index in [4.69, 9.17) is 27.9 Å². The van der Waals surface area contributed by atoms with Gasteiger partial charge in [0.15, 0.2) is 11.7 Å². The van der Waals surface area contributed by atoms with Crippen LogP contribution in [-0.4, -0.2) is 23.4 Å². The van der Waals surface area contributed by atoms with Crippen molar-refractivity contribution in [3.8, 4) is 17.0 Å². The number of thiazole rings is 1. The number of ether oxygens (including phenoxy) is 1. The molecule has 148 valence electrons. The molecule has 0 aliphatic carbocycles. The first-order valence-electron chi connectivity index (χ1n) is 8.74. The monoisotopic (exact) mass is 447 g/mol. The summed E-state index contributed by atoms with van der Waals surface area (Å²) in [6.45, 7) is -0.155. The molecule has 1 aromatic heterocycles. The molecule has 1 aliphatic heterocycles. The third-order valence-corrected chi connectivity index (χ3v) is 5.62. The molecule has 0 fully saturated rings. The van der Waals surface area contributed by atoms with E-state index >= 15 is 0 Å². The number of nitrogens with zero attached hydrogens (tertiary/aromatic N) is 1. The molecule has 0 bridgehead atoms. The van der Waals surface area contributed by atoms with Crippen molar-refractivity contribution in [3.63, 3.8) is 0 Å². The van der Waals surface area contributed by atoms with Crippen LogP contribution in [0.1, 0.15) is 12.0 Å². The Labute approximate surface area is 180 Å². The molecular weight excluding hydrogens is 433 g/mol. The van der Waals surface area contributed by atoms with Crippen LogP contribution in [0.4, 0.5) is 10.8 Å². The van der Waals surface area contributed by atoms with E-state index in [1.807, 2.05) is 6.07 Å². The van der Waals surface area contributed by atoms with Gasteiger partial charge in [-0.2, -0.15) is 0 Å². The van der Waals surface area contributed by atoms with Crippen LogP contribution in [0.25, 0.3) is 11.3 Å². The first-order chi connectivity index (χ1) is 14.0. The number of hydrogen-bond acceptors (Lipinski definition) is 5. The summed E-state index contributed by atoms with van der Waals surface area (Å²) in [7, 11) is 0. The molecule has 0 unspecified atom stereocenters. The number of rotatable bonds is 5. The molecule has 6 nitrogen and oxygen atoms in total. The highest BCUT2D eigenvalue weighted by Gasteiger charge is 2.16. The maximum atomic E-state index is 12.2. The van der Waals surface area contributed by atoms with Crippen LogP contribution in [0.2, 0.25) is 10.0 Å². The van der Waals surface area contributed by atoms with E-state index in [2.05, 4.69) is 15.6 Å². The van der Waals surface area contributed by atoms with Crippen LogP contribution >= 0.6 is 34.5 Å². The molecular formula is C20H15Cl2N3O3S. The minimum Gasteiger partial charge on any atom is -0.484 e. The average Bonchev–Trinajstić information content (AvgIpc) is 3.16. The van der Waals surface area contributed by atoms with Crippen molar-refractivity contribution in [3.05, 3.63) is 57.4 Å². The lowest BCUT2D eigenvalue weighted by Gasteiger charge is -2.17. The highest BCUT2D eigenvalue weighted by molar-refractivity contribution is 7.14. The van der Waals surface area contributed by atoms with Crippen molar-refractivity contribution in [1.82, 2.24) is 4.98 Å². The summed E-state index contributed by atoms with van der Waals surface area (Å²) in [5.74, 6) is 0.252. The number of benzene rings is 2. The molecule has 0 atom stereocenters. The lowest BCUT2D eigenvalue weighted by molar-refractivity contribution is -0.118. The second-order valence-corrected chi connectivity index (χ2v) is 8.07.